The Balaban J connectivity index is 0. The van der Waals surface area contributed by atoms with Crippen LogP contribution in [-0.2, 0) is 14.3 Å². The molecular weight excluding hydrogens is 460 g/mol. The minimum atomic E-state index is -0.844. The summed E-state index contributed by atoms with van der Waals surface area (Å²) >= 11 is 0. The standard InChI is InChI=1S/C17H32O2.C16H30O2/c1-3-4-5-6-7-8-9-10-11-12-13-14-15-16(2)17(18)19;1-3-5-6-7-8-9-10-11-12-13-14-15-18-16(17)4-2/h2-15H2,1H3,(H,18,19);4H,2-3,5-15H2,1H3. The molecule has 0 aliphatic rings. The predicted molar refractivity (Wildman–Crippen MR) is 160 cm³/mol. The summed E-state index contributed by atoms with van der Waals surface area (Å²) in [5.74, 6) is -1.15. The molecular formula is C33H62O4. The fourth-order valence-electron chi connectivity index (χ4n) is 4.28. The number of hydrogen-bond donors (Lipinski definition) is 1. The van der Waals surface area contributed by atoms with Crippen molar-refractivity contribution in [2.75, 3.05) is 6.61 Å². The van der Waals surface area contributed by atoms with Gasteiger partial charge in [-0.1, -0.05) is 162 Å². The van der Waals surface area contributed by atoms with E-state index in [4.69, 9.17) is 9.84 Å². The molecule has 1 N–H and O–H groups in total. The van der Waals surface area contributed by atoms with Gasteiger partial charge in [0.15, 0.2) is 0 Å². The van der Waals surface area contributed by atoms with Crippen molar-refractivity contribution in [2.45, 2.75) is 168 Å². The van der Waals surface area contributed by atoms with Crippen LogP contribution in [0.3, 0.4) is 0 Å². The smallest absolute Gasteiger partial charge is 0.330 e. The molecule has 0 aromatic carbocycles. The molecule has 37 heavy (non-hydrogen) atoms. The average Bonchev–Trinajstić information content (AvgIpc) is 2.89. The number of aliphatic carboxylic acids is 1. The molecule has 0 atom stereocenters. The van der Waals surface area contributed by atoms with E-state index in [9.17, 15) is 9.59 Å². The van der Waals surface area contributed by atoms with Gasteiger partial charge in [-0.25, -0.2) is 9.59 Å². The zero-order valence-electron chi connectivity index (χ0n) is 24.8. The van der Waals surface area contributed by atoms with Crippen molar-refractivity contribution in [1.29, 1.82) is 0 Å². The van der Waals surface area contributed by atoms with Crippen LogP contribution in [0.2, 0.25) is 0 Å². The average molecular weight is 523 g/mol. The third-order valence-corrected chi connectivity index (χ3v) is 6.79. The Morgan fingerprint density at radius 3 is 1.24 bits per heavy atom. The molecule has 0 heterocycles. The van der Waals surface area contributed by atoms with E-state index in [0.29, 0.717) is 18.6 Å². The van der Waals surface area contributed by atoms with Gasteiger partial charge in [0.2, 0.25) is 0 Å². The summed E-state index contributed by atoms with van der Waals surface area (Å²) in [4.78, 5) is 21.3. The second-order valence-corrected chi connectivity index (χ2v) is 10.5. The third kappa shape index (κ3) is 34.4. The Bertz CT molecular complexity index is 526. The minimum Gasteiger partial charge on any atom is -0.478 e. The molecule has 0 aliphatic heterocycles. The van der Waals surface area contributed by atoms with Crippen LogP contribution >= 0.6 is 0 Å². The van der Waals surface area contributed by atoms with E-state index < -0.39 is 5.97 Å². The number of ether oxygens (including phenoxy) is 1. The van der Waals surface area contributed by atoms with Crippen molar-refractivity contribution in [3.05, 3.63) is 24.8 Å². The zero-order valence-corrected chi connectivity index (χ0v) is 24.8. The number of carboxylic acids is 1. The van der Waals surface area contributed by atoms with E-state index >= 15 is 0 Å². The summed E-state index contributed by atoms with van der Waals surface area (Å²) in [6.45, 7) is 12.0. The number of carboxylic acid groups (broad SMARTS) is 1. The second kappa shape index (κ2) is 32.4. The van der Waals surface area contributed by atoms with Crippen LogP contribution in [0.1, 0.15) is 168 Å². The van der Waals surface area contributed by atoms with Gasteiger partial charge in [0.25, 0.3) is 0 Å². The molecule has 0 unspecified atom stereocenters. The number of unbranched alkanes of at least 4 members (excludes halogenated alkanes) is 21. The first-order chi connectivity index (χ1) is 18.0. The first-order valence-electron chi connectivity index (χ1n) is 15.7. The molecule has 0 spiro atoms. The van der Waals surface area contributed by atoms with Crippen molar-refractivity contribution in [2.24, 2.45) is 0 Å². The van der Waals surface area contributed by atoms with E-state index in [2.05, 4.69) is 27.0 Å². The van der Waals surface area contributed by atoms with Gasteiger partial charge in [-0.2, -0.15) is 0 Å². The fraction of sp³-hybridized carbons (Fsp3) is 0.818. The Kier molecular flexibility index (Phi) is 33.0. The molecule has 0 amide bonds. The Labute approximate surface area is 230 Å². The normalized spacial score (nSPS) is 10.4. The van der Waals surface area contributed by atoms with Crippen LogP contribution in [0, 0.1) is 0 Å². The molecule has 0 aliphatic carbocycles. The molecule has 0 bridgehead atoms. The minimum absolute atomic E-state index is 0.304. The number of hydrogen-bond acceptors (Lipinski definition) is 3. The summed E-state index contributed by atoms with van der Waals surface area (Å²) in [7, 11) is 0. The van der Waals surface area contributed by atoms with E-state index in [1.54, 1.807) is 0 Å². The van der Waals surface area contributed by atoms with Gasteiger partial charge in [-0.15, -0.1) is 0 Å². The number of carbonyl (C=O) groups is 2. The second-order valence-electron chi connectivity index (χ2n) is 10.5. The van der Waals surface area contributed by atoms with Crippen LogP contribution < -0.4 is 0 Å². The molecule has 4 nitrogen and oxygen atoms in total. The molecule has 218 valence electrons. The van der Waals surface area contributed by atoms with Crippen molar-refractivity contribution in [1.82, 2.24) is 0 Å². The lowest BCUT2D eigenvalue weighted by Crippen LogP contribution is -2.01. The Morgan fingerprint density at radius 1 is 0.595 bits per heavy atom. The van der Waals surface area contributed by atoms with Gasteiger partial charge < -0.3 is 9.84 Å². The highest BCUT2D eigenvalue weighted by molar-refractivity contribution is 5.85. The van der Waals surface area contributed by atoms with Gasteiger partial charge in [0, 0.05) is 11.6 Å². The van der Waals surface area contributed by atoms with Crippen LogP contribution in [0.4, 0.5) is 0 Å². The molecule has 0 saturated heterocycles. The van der Waals surface area contributed by atoms with Gasteiger partial charge >= 0.3 is 11.9 Å². The molecule has 0 aromatic rings. The van der Waals surface area contributed by atoms with Crippen LogP contribution in [-0.4, -0.2) is 23.7 Å². The molecule has 4 heteroatoms. The summed E-state index contributed by atoms with van der Waals surface area (Å²) < 4.78 is 4.92. The van der Waals surface area contributed by atoms with E-state index in [0.717, 1.165) is 19.3 Å². The topological polar surface area (TPSA) is 63.6 Å². The van der Waals surface area contributed by atoms with Crippen LogP contribution in [0.5, 0.6) is 0 Å². The van der Waals surface area contributed by atoms with Crippen molar-refractivity contribution < 1.29 is 19.4 Å². The van der Waals surface area contributed by atoms with E-state index in [1.807, 2.05) is 0 Å². The Morgan fingerprint density at radius 2 is 0.919 bits per heavy atom. The quantitative estimate of drug-likeness (QED) is 0.0662. The highest BCUT2D eigenvalue weighted by Crippen LogP contribution is 2.14. The molecule has 0 fully saturated rings. The molecule has 0 aromatic heterocycles. The molecule has 0 radical (unpaired) electrons. The number of esters is 1. The van der Waals surface area contributed by atoms with E-state index in [1.165, 1.54) is 134 Å². The van der Waals surface area contributed by atoms with E-state index in [-0.39, 0.29) is 5.97 Å². The van der Waals surface area contributed by atoms with Crippen molar-refractivity contribution in [3.63, 3.8) is 0 Å². The van der Waals surface area contributed by atoms with Crippen molar-refractivity contribution >= 4 is 11.9 Å². The maximum atomic E-state index is 10.8. The lowest BCUT2D eigenvalue weighted by atomic mass is 10.0. The first kappa shape index (κ1) is 37.6. The summed E-state index contributed by atoms with van der Waals surface area (Å²) in [6.07, 6.45) is 32.0. The lowest BCUT2D eigenvalue weighted by Gasteiger charge is -2.03. The van der Waals surface area contributed by atoms with Gasteiger partial charge in [0.1, 0.15) is 0 Å². The molecule has 0 saturated carbocycles. The first-order valence-corrected chi connectivity index (χ1v) is 15.7. The predicted octanol–water partition coefficient (Wildman–Crippen LogP) is 10.7. The summed E-state index contributed by atoms with van der Waals surface area (Å²) in [5, 5.41) is 8.66. The number of rotatable bonds is 27. The fourth-order valence-corrected chi connectivity index (χ4v) is 4.28. The largest absolute Gasteiger partial charge is 0.478 e. The third-order valence-electron chi connectivity index (χ3n) is 6.79. The maximum Gasteiger partial charge on any atom is 0.330 e. The van der Waals surface area contributed by atoms with Gasteiger partial charge in [0.05, 0.1) is 6.61 Å². The van der Waals surface area contributed by atoms with Gasteiger partial charge in [-0.3, -0.25) is 0 Å². The monoisotopic (exact) mass is 522 g/mol. The molecule has 0 rings (SSSR count). The maximum absolute atomic E-state index is 10.8. The zero-order chi connectivity index (χ0) is 27.8. The summed E-state index contributed by atoms with van der Waals surface area (Å²) in [6, 6.07) is 0. The highest BCUT2D eigenvalue weighted by atomic mass is 16.5. The Hall–Kier alpha value is -1.58. The van der Waals surface area contributed by atoms with Gasteiger partial charge in [-0.05, 0) is 19.3 Å². The van der Waals surface area contributed by atoms with Crippen molar-refractivity contribution in [3.8, 4) is 0 Å². The highest BCUT2D eigenvalue weighted by Gasteiger charge is 2.02. The van der Waals surface area contributed by atoms with Crippen LogP contribution in [0.15, 0.2) is 24.8 Å². The van der Waals surface area contributed by atoms with Crippen LogP contribution in [0.25, 0.3) is 0 Å². The summed E-state index contributed by atoms with van der Waals surface area (Å²) in [5.41, 5.74) is 0.354. The SMILES string of the molecule is C=C(CCCCCCCCCCCCCC)C(=O)O.C=CC(=O)OCCCCCCCCCCCCC. The lowest BCUT2D eigenvalue weighted by molar-refractivity contribution is -0.138. The number of carbonyl (C=O) groups excluding carboxylic acids is 1.